The largest absolute Gasteiger partial charge is 0.333 e. The van der Waals surface area contributed by atoms with E-state index in [4.69, 9.17) is 10.8 Å². The number of hydrogen-bond acceptors (Lipinski definition) is 5. The van der Waals surface area contributed by atoms with E-state index in [0.717, 1.165) is 33.8 Å². The first kappa shape index (κ1) is 27.1. The standard InChI is InChI=1S/C24H25N3S.C2H6.CH5N/c1-17-27-21(16-28-17)24(2,3)14-8-10-18-9-7-13-20(15-18)23(26)22(25)19-11-5-4-6-12-19;2*1-2/h4-13,15-16,25-26H,14H2,1-3H3;1-2H3;2H2,1H3/b10-8+,25-22?,26-23?;;. The lowest BCUT2D eigenvalue weighted by atomic mass is 9.86. The van der Waals surface area contributed by atoms with Crippen molar-refractivity contribution in [3.05, 3.63) is 93.4 Å². The first-order chi connectivity index (χ1) is 15.4. The van der Waals surface area contributed by atoms with Crippen LogP contribution < -0.4 is 5.73 Å². The Balaban J connectivity index is 0.00000121. The van der Waals surface area contributed by atoms with E-state index in [9.17, 15) is 0 Å². The highest BCUT2D eigenvalue weighted by Gasteiger charge is 2.21. The van der Waals surface area contributed by atoms with Crippen LogP contribution in [0.15, 0.2) is 66.1 Å². The van der Waals surface area contributed by atoms with Crippen LogP contribution in [0.5, 0.6) is 0 Å². The molecule has 4 nitrogen and oxygen atoms in total. The maximum absolute atomic E-state index is 8.41. The maximum Gasteiger partial charge on any atom is 0.0897 e. The average Bonchev–Trinajstić information content (AvgIpc) is 3.29. The molecule has 3 aromatic rings. The van der Waals surface area contributed by atoms with Gasteiger partial charge in [0.15, 0.2) is 0 Å². The Morgan fingerprint density at radius 2 is 1.56 bits per heavy atom. The first-order valence-electron chi connectivity index (χ1n) is 10.9. The van der Waals surface area contributed by atoms with Crippen molar-refractivity contribution in [2.24, 2.45) is 5.73 Å². The number of aryl methyl sites for hydroxylation is 1. The van der Waals surface area contributed by atoms with E-state index in [1.807, 2.05) is 75.4 Å². The van der Waals surface area contributed by atoms with Crippen LogP contribution in [0.2, 0.25) is 0 Å². The highest BCUT2D eigenvalue weighted by Crippen LogP contribution is 2.28. The van der Waals surface area contributed by atoms with Gasteiger partial charge in [-0.05, 0) is 32.0 Å². The van der Waals surface area contributed by atoms with Crippen molar-refractivity contribution in [1.82, 2.24) is 4.98 Å². The van der Waals surface area contributed by atoms with Gasteiger partial charge in [-0.2, -0.15) is 0 Å². The summed E-state index contributed by atoms with van der Waals surface area (Å²) in [5.41, 5.74) is 8.64. The van der Waals surface area contributed by atoms with Gasteiger partial charge in [-0.3, -0.25) is 10.8 Å². The minimum atomic E-state index is -0.0129. The number of allylic oxidation sites excluding steroid dienone is 1. The topological polar surface area (TPSA) is 86.6 Å². The molecule has 4 N–H and O–H groups in total. The molecule has 3 rings (SSSR count). The molecule has 0 aliphatic rings. The van der Waals surface area contributed by atoms with Crippen LogP contribution >= 0.6 is 11.3 Å². The molecular weight excluding hydrogens is 412 g/mol. The van der Waals surface area contributed by atoms with Crippen LogP contribution in [0.3, 0.4) is 0 Å². The lowest BCUT2D eigenvalue weighted by Gasteiger charge is -2.20. The molecule has 0 amide bonds. The van der Waals surface area contributed by atoms with Crippen LogP contribution in [0.1, 0.15) is 61.5 Å². The van der Waals surface area contributed by atoms with E-state index >= 15 is 0 Å². The van der Waals surface area contributed by atoms with Crippen molar-refractivity contribution in [2.75, 3.05) is 7.05 Å². The second kappa shape index (κ2) is 13.5. The molecule has 0 saturated heterocycles. The Kier molecular flexibility index (Phi) is 11.5. The van der Waals surface area contributed by atoms with Gasteiger partial charge in [0.1, 0.15) is 0 Å². The average molecular weight is 449 g/mol. The van der Waals surface area contributed by atoms with Crippen molar-refractivity contribution >= 4 is 28.8 Å². The number of hydrogen-bond donors (Lipinski definition) is 3. The minimum absolute atomic E-state index is 0.0129. The third kappa shape index (κ3) is 7.66. The van der Waals surface area contributed by atoms with Gasteiger partial charge in [-0.25, -0.2) is 4.98 Å². The van der Waals surface area contributed by atoms with E-state index in [-0.39, 0.29) is 16.8 Å². The quantitative estimate of drug-likeness (QED) is 0.344. The summed E-state index contributed by atoms with van der Waals surface area (Å²) in [6, 6.07) is 17.3. The normalized spacial score (nSPS) is 10.6. The Labute approximate surface area is 197 Å². The molecular formula is C27H36N4S. The number of benzene rings is 2. The van der Waals surface area contributed by atoms with Crippen LogP contribution in [-0.4, -0.2) is 23.5 Å². The number of rotatable bonds is 7. The second-order valence-corrected chi connectivity index (χ2v) is 8.55. The van der Waals surface area contributed by atoms with Crippen LogP contribution in [0, 0.1) is 17.7 Å². The molecule has 1 aromatic heterocycles. The summed E-state index contributed by atoms with van der Waals surface area (Å²) in [5.74, 6) is 0. The Hall–Kier alpha value is -2.89. The SMILES string of the molecule is CC.CN.Cc1nc(C(C)(C)C/C=C/c2cccc(C(=N)C(=N)c3ccccc3)c2)cs1. The zero-order valence-corrected chi connectivity index (χ0v) is 20.9. The molecule has 0 saturated carbocycles. The summed E-state index contributed by atoms with van der Waals surface area (Å²) in [6.45, 7) is 10.5. The molecule has 32 heavy (non-hydrogen) atoms. The second-order valence-electron chi connectivity index (χ2n) is 7.48. The highest BCUT2D eigenvalue weighted by molar-refractivity contribution is 7.09. The zero-order valence-electron chi connectivity index (χ0n) is 20.1. The first-order valence-corrected chi connectivity index (χ1v) is 11.7. The van der Waals surface area contributed by atoms with Gasteiger partial charge >= 0.3 is 0 Å². The van der Waals surface area contributed by atoms with E-state index in [1.54, 1.807) is 11.3 Å². The van der Waals surface area contributed by atoms with Gasteiger partial charge in [-0.15, -0.1) is 11.3 Å². The van der Waals surface area contributed by atoms with E-state index in [2.05, 4.69) is 42.1 Å². The van der Waals surface area contributed by atoms with Gasteiger partial charge in [0.05, 0.1) is 22.1 Å². The highest BCUT2D eigenvalue weighted by atomic mass is 32.1. The van der Waals surface area contributed by atoms with Gasteiger partial charge in [0.25, 0.3) is 0 Å². The molecule has 170 valence electrons. The summed E-state index contributed by atoms with van der Waals surface area (Å²) < 4.78 is 0. The van der Waals surface area contributed by atoms with Gasteiger partial charge in [-0.1, -0.05) is 88.4 Å². The van der Waals surface area contributed by atoms with E-state index < -0.39 is 0 Å². The van der Waals surface area contributed by atoms with Crippen molar-refractivity contribution < 1.29 is 0 Å². The van der Waals surface area contributed by atoms with Crippen molar-refractivity contribution in [3.8, 4) is 0 Å². The minimum Gasteiger partial charge on any atom is -0.333 e. The molecule has 1 heterocycles. The lowest BCUT2D eigenvalue weighted by molar-refractivity contribution is 0.519. The van der Waals surface area contributed by atoms with Crippen molar-refractivity contribution in [3.63, 3.8) is 0 Å². The molecule has 2 aromatic carbocycles. The molecule has 0 unspecified atom stereocenters. The maximum atomic E-state index is 8.41. The smallest absolute Gasteiger partial charge is 0.0897 e. The summed E-state index contributed by atoms with van der Waals surface area (Å²) in [7, 11) is 1.50. The van der Waals surface area contributed by atoms with Crippen LogP contribution in [-0.2, 0) is 5.41 Å². The fraction of sp³-hybridized carbons (Fsp3) is 0.296. The molecule has 0 atom stereocenters. The number of nitrogens with two attached hydrogens (primary N) is 1. The Morgan fingerprint density at radius 3 is 2.16 bits per heavy atom. The van der Waals surface area contributed by atoms with Gasteiger partial charge in [0, 0.05) is 21.9 Å². The molecule has 0 aliphatic heterocycles. The molecule has 0 spiro atoms. The monoisotopic (exact) mass is 448 g/mol. The fourth-order valence-corrected chi connectivity index (χ4v) is 3.76. The third-order valence-corrected chi connectivity index (χ3v) is 5.51. The fourth-order valence-electron chi connectivity index (χ4n) is 2.96. The predicted octanol–water partition coefficient (Wildman–Crippen LogP) is 6.87. The summed E-state index contributed by atoms with van der Waals surface area (Å²) >= 11 is 1.69. The molecule has 0 fully saturated rings. The van der Waals surface area contributed by atoms with Gasteiger partial charge < -0.3 is 5.73 Å². The molecule has 5 heteroatoms. The summed E-state index contributed by atoms with van der Waals surface area (Å²) in [4.78, 5) is 4.63. The molecule has 0 aliphatic carbocycles. The number of aromatic nitrogens is 1. The van der Waals surface area contributed by atoms with Crippen molar-refractivity contribution in [2.45, 2.75) is 46.5 Å². The van der Waals surface area contributed by atoms with E-state index in [0.29, 0.717) is 0 Å². The Morgan fingerprint density at radius 1 is 0.969 bits per heavy atom. The molecule has 0 radical (unpaired) electrons. The zero-order chi connectivity index (χ0) is 24.1. The third-order valence-electron chi connectivity index (χ3n) is 4.74. The van der Waals surface area contributed by atoms with Crippen molar-refractivity contribution in [1.29, 1.82) is 10.8 Å². The number of nitrogens with one attached hydrogen (secondary N) is 2. The van der Waals surface area contributed by atoms with E-state index in [1.165, 1.54) is 7.05 Å². The lowest BCUT2D eigenvalue weighted by Crippen LogP contribution is -2.16. The Bertz CT molecular complexity index is 1020. The van der Waals surface area contributed by atoms with Crippen LogP contribution in [0.25, 0.3) is 6.08 Å². The number of thiazole rings is 1. The van der Waals surface area contributed by atoms with Gasteiger partial charge in [0.2, 0.25) is 0 Å². The summed E-state index contributed by atoms with van der Waals surface area (Å²) in [5, 5.41) is 20.0. The molecule has 0 bridgehead atoms. The summed E-state index contributed by atoms with van der Waals surface area (Å²) in [6.07, 6.45) is 5.14. The predicted molar refractivity (Wildman–Crippen MR) is 142 cm³/mol. The number of nitrogens with zero attached hydrogens (tertiary/aromatic N) is 1. The van der Waals surface area contributed by atoms with Crippen LogP contribution in [0.4, 0.5) is 0 Å².